The van der Waals surface area contributed by atoms with Gasteiger partial charge in [-0.2, -0.15) is 0 Å². The van der Waals surface area contributed by atoms with Gasteiger partial charge < -0.3 is 14.6 Å². The summed E-state index contributed by atoms with van der Waals surface area (Å²) in [6.07, 6.45) is -0.484. The maximum atomic E-state index is 12.3. The van der Waals surface area contributed by atoms with Gasteiger partial charge in [0.25, 0.3) is 0 Å². The second-order valence-corrected chi connectivity index (χ2v) is 5.33. The minimum Gasteiger partial charge on any atom is -0.507 e. The van der Waals surface area contributed by atoms with E-state index in [1.807, 2.05) is 13.0 Å². The number of ketones is 1. The Bertz CT molecular complexity index is 692. The fourth-order valence-corrected chi connectivity index (χ4v) is 2.01. The quantitative estimate of drug-likeness (QED) is 0.478. The van der Waals surface area contributed by atoms with E-state index >= 15 is 0 Å². The summed E-state index contributed by atoms with van der Waals surface area (Å²) in [5.74, 6) is 0.0750. The van der Waals surface area contributed by atoms with Crippen molar-refractivity contribution in [3.8, 4) is 11.5 Å². The molecule has 2 rings (SSSR count). The monoisotopic (exact) mass is 312 g/mol. The minimum absolute atomic E-state index is 0.122. The second kappa shape index (κ2) is 7.61. The molecule has 0 bridgehead atoms. The summed E-state index contributed by atoms with van der Waals surface area (Å²) in [5.41, 5.74) is 1.65. The van der Waals surface area contributed by atoms with Crippen LogP contribution in [0.3, 0.4) is 0 Å². The van der Waals surface area contributed by atoms with Gasteiger partial charge in [0.05, 0.1) is 12.2 Å². The third-order valence-electron chi connectivity index (χ3n) is 3.12. The lowest BCUT2D eigenvalue weighted by molar-refractivity contribution is -0.0573. The summed E-state index contributed by atoms with van der Waals surface area (Å²) < 4.78 is 11.0. The molecule has 1 atom stereocenters. The van der Waals surface area contributed by atoms with Crippen molar-refractivity contribution in [2.75, 3.05) is 6.61 Å². The molecule has 0 aliphatic heterocycles. The van der Waals surface area contributed by atoms with Crippen LogP contribution < -0.4 is 4.74 Å². The van der Waals surface area contributed by atoms with Gasteiger partial charge in [0.2, 0.25) is 0 Å². The molecule has 120 valence electrons. The molecule has 0 aliphatic rings. The predicted octanol–water partition coefficient (Wildman–Crippen LogP) is 3.94. The van der Waals surface area contributed by atoms with E-state index in [9.17, 15) is 9.90 Å². The highest BCUT2D eigenvalue weighted by atomic mass is 16.7. The van der Waals surface area contributed by atoms with E-state index in [2.05, 4.69) is 6.58 Å². The first kappa shape index (κ1) is 16.8. The Morgan fingerprint density at radius 2 is 1.91 bits per heavy atom. The third kappa shape index (κ3) is 4.69. The van der Waals surface area contributed by atoms with E-state index in [0.717, 1.165) is 5.57 Å². The average molecular weight is 312 g/mol. The lowest BCUT2D eigenvalue weighted by Gasteiger charge is -2.16. The van der Waals surface area contributed by atoms with Crippen LogP contribution in [-0.2, 0) is 4.74 Å². The molecule has 0 saturated heterocycles. The number of hydrogen-bond donors (Lipinski definition) is 1. The van der Waals surface area contributed by atoms with Gasteiger partial charge in [-0.05, 0) is 26.0 Å². The molecular weight excluding hydrogens is 292 g/mol. The molecule has 4 nitrogen and oxygen atoms in total. The lowest BCUT2D eigenvalue weighted by Crippen LogP contribution is -2.17. The molecule has 0 saturated carbocycles. The maximum Gasteiger partial charge on any atom is 0.197 e. The van der Waals surface area contributed by atoms with E-state index < -0.39 is 6.29 Å². The molecule has 0 radical (unpaired) electrons. The van der Waals surface area contributed by atoms with Crippen LogP contribution in [0.2, 0.25) is 0 Å². The van der Waals surface area contributed by atoms with Gasteiger partial charge in [-0.25, -0.2) is 0 Å². The minimum atomic E-state index is -0.484. The Hall–Kier alpha value is -2.59. The van der Waals surface area contributed by atoms with E-state index in [1.54, 1.807) is 43.3 Å². The SMILES string of the molecule is C=C(C)COC(C)Oc1ccc(C(=O)c2ccccc2)c(O)c1. The van der Waals surface area contributed by atoms with Crippen molar-refractivity contribution in [2.24, 2.45) is 0 Å². The smallest absolute Gasteiger partial charge is 0.197 e. The number of hydrogen-bond acceptors (Lipinski definition) is 4. The van der Waals surface area contributed by atoms with E-state index in [4.69, 9.17) is 9.47 Å². The molecule has 0 aromatic heterocycles. The summed E-state index contributed by atoms with van der Waals surface area (Å²) >= 11 is 0. The van der Waals surface area contributed by atoms with Gasteiger partial charge in [0.15, 0.2) is 12.1 Å². The highest BCUT2D eigenvalue weighted by Crippen LogP contribution is 2.26. The number of aromatic hydroxyl groups is 1. The van der Waals surface area contributed by atoms with Gasteiger partial charge >= 0.3 is 0 Å². The molecule has 1 N–H and O–H groups in total. The number of phenols is 1. The molecule has 2 aromatic carbocycles. The van der Waals surface area contributed by atoms with Gasteiger partial charge in [0.1, 0.15) is 11.5 Å². The van der Waals surface area contributed by atoms with Crippen LogP contribution in [0.15, 0.2) is 60.7 Å². The zero-order valence-corrected chi connectivity index (χ0v) is 13.3. The van der Waals surface area contributed by atoms with E-state index in [0.29, 0.717) is 17.9 Å². The summed E-state index contributed by atoms with van der Waals surface area (Å²) in [6.45, 7) is 7.77. The first-order chi connectivity index (χ1) is 11.0. The molecule has 0 heterocycles. The Morgan fingerprint density at radius 3 is 2.52 bits per heavy atom. The Morgan fingerprint density at radius 1 is 1.22 bits per heavy atom. The maximum absolute atomic E-state index is 12.3. The molecule has 0 fully saturated rings. The standard InChI is InChI=1S/C19H20O4/c1-13(2)12-22-14(3)23-16-9-10-17(18(20)11-16)19(21)15-7-5-4-6-8-15/h4-11,14,20H,1,12H2,2-3H3. The van der Waals surface area contributed by atoms with Crippen molar-refractivity contribution in [1.29, 1.82) is 0 Å². The van der Waals surface area contributed by atoms with Crippen LogP contribution in [0.5, 0.6) is 11.5 Å². The Labute approximate surface area is 136 Å². The van der Waals surface area contributed by atoms with Crippen LogP contribution in [0, 0.1) is 0 Å². The molecule has 1 unspecified atom stereocenters. The summed E-state index contributed by atoms with van der Waals surface area (Å²) in [5, 5.41) is 10.1. The Kier molecular flexibility index (Phi) is 5.55. The van der Waals surface area contributed by atoms with Crippen molar-refractivity contribution < 1.29 is 19.4 Å². The van der Waals surface area contributed by atoms with Crippen molar-refractivity contribution in [1.82, 2.24) is 0 Å². The zero-order chi connectivity index (χ0) is 16.8. The van der Waals surface area contributed by atoms with Crippen LogP contribution >= 0.6 is 0 Å². The zero-order valence-electron chi connectivity index (χ0n) is 13.3. The molecule has 4 heteroatoms. The van der Waals surface area contributed by atoms with Crippen LogP contribution in [-0.4, -0.2) is 23.8 Å². The molecule has 23 heavy (non-hydrogen) atoms. The predicted molar refractivity (Wildman–Crippen MR) is 88.8 cm³/mol. The van der Waals surface area contributed by atoms with Gasteiger partial charge in [0, 0.05) is 11.6 Å². The first-order valence-corrected chi connectivity index (χ1v) is 7.33. The van der Waals surface area contributed by atoms with E-state index in [1.165, 1.54) is 6.07 Å². The highest BCUT2D eigenvalue weighted by Gasteiger charge is 2.14. The number of carbonyl (C=O) groups is 1. The molecule has 0 aliphatic carbocycles. The van der Waals surface area contributed by atoms with Gasteiger partial charge in [-0.3, -0.25) is 4.79 Å². The summed E-state index contributed by atoms with van der Waals surface area (Å²) in [4.78, 5) is 12.3. The van der Waals surface area contributed by atoms with Crippen LogP contribution in [0.4, 0.5) is 0 Å². The topological polar surface area (TPSA) is 55.8 Å². The summed E-state index contributed by atoms with van der Waals surface area (Å²) in [6, 6.07) is 13.4. The van der Waals surface area contributed by atoms with Crippen molar-refractivity contribution >= 4 is 5.78 Å². The fourth-order valence-electron chi connectivity index (χ4n) is 2.01. The van der Waals surface area contributed by atoms with Crippen LogP contribution in [0.1, 0.15) is 29.8 Å². The lowest BCUT2D eigenvalue weighted by atomic mass is 10.0. The average Bonchev–Trinajstić information content (AvgIpc) is 2.53. The largest absolute Gasteiger partial charge is 0.507 e. The van der Waals surface area contributed by atoms with Crippen LogP contribution in [0.25, 0.3) is 0 Å². The van der Waals surface area contributed by atoms with E-state index in [-0.39, 0.29) is 17.1 Å². The molecule has 0 amide bonds. The first-order valence-electron chi connectivity index (χ1n) is 7.33. The Balaban J connectivity index is 2.09. The molecular formula is C19H20O4. The molecule has 2 aromatic rings. The molecule has 0 spiro atoms. The number of phenolic OH excluding ortho intramolecular Hbond substituents is 1. The second-order valence-electron chi connectivity index (χ2n) is 5.33. The number of benzene rings is 2. The van der Waals surface area contributed by atoms with Gasteiger partial charge in [-0.1, -0.05) is 42.5 Å². The third-order valence-corrected chi connectivity index (χ3v) is 3.12. The summed E-state index contributed by atoms with van der Waals surface area (Å²) in [7, 11) is 0. The number of ether oxygens (including phenoxy) is 2. The normalized spacial score (nSPS) is 11.7. The fraction of sp³-hybridized carbons (Fsp3) is 0.211. The van der Waals surface area contributed by atoms with Crippen molar-refractivity contribution in [2.45, 2.75) is 20.1 Å². The highest BCUT2D eigenvalue weighted by molar-refractivity contribution is 6.10. The van der Waals surface area contributed by atoms with Gasteiger partial charge in [-0.15, -0.1) is 0 Å². The number of carbonyl (C=O) groups excluding carboxylic acids is 1. The van der Waals surface area contributed by atoms with Crippen molar-refractivity contribution in [3.05, 3.63) is 71.8 Å². The van der Waals surface area contributed by atoms with Crippen molar-refractivity contribution in [3.63, 3.8) is 0 Å². The number of rotatable bonds is 7.